The molecule has 0 unspecified atom stereocenters. The van der Waals surface area contributed by atoms with Gasteiger partial charge >= 0.3 is 11.8 Å². The first kappa shape index (κ1) is 18.1. The number of rotatable bonds is 6. The van der Waals surface area contributed by atoms with Crippen LogP contribution < -0.4 is 20.5 Å². The highest BCUT2D eigenvalue weighted by atomic mass is 16.5. The van der Waals surface area contributed by atoms with Crippen LogP contribution in [0.2, 0.25) is 0 Å². The van der Waals surface area contributed by atoms with E-state index in [-0.39, 0.29) is 11.5 Å². The highest BCUT2D eigenvalue weighted by Crippen LogP contribution is 2.35. The molecule has 24 heavy (non-hydrogen) atoms. The van der Waals surface area contributed by atoms with Gasteiger partial charge in [-0.2, -0.15) is 0 Å². The van der Waals surface area contributed by atoms with Gasteiger partial charge in [-0.1, -0.05) is 19.9 Å². The Labute approximate surface area is 142 Å². The first-order chi connectivity index (χ1) is 11.3. The fraction of sp³-hybridized carbons (Fsp3) is 0.556. The van der Waals surface area contributed by atoms with Crippen LogP contribution in [0.25, 0.3) is 0 Å². The zero-order valence-electron chi connectivity index (χ0n) is 14.6. The van der Waals surface area contributed by atoms with Crippen LogP contribution >= 0.6 is 0 Å². The number of benzene rings is 1. The number of methoxy groups -OCH3 is 1. The van der Waals surface area contributed by atoms with Gasteiger partial charge < -0.3 is 20.5 Å². The molecule has 0 heterocycles. The quantitative estimate of drug-likeness (QED) is 0.777. The molecule has 2 rings (SSSR count). The van der Waals surface area contributed by atoms with E-state index in [0.717, 1.165) is 24.2 Å². The number of carbonyl (C=O) groups excluding carboxylic acids is 2. The molecule has 3 N–H and O–H groups in total. The second kappa shape index (κ2) is 7.55. The molecule has 1 saturated carbocycles. The average Bonchev–Trinajstić information content (AvgIpc) is 3.05. The number of hydrogen-bond acceptors (Lipinski definition) is 4. The Hall–Kier alpha value is -2.24. The molecule has 6 nitrogen and oxygen atoms in total. The fourth-order valence-electron chi connectivity index (χ4n) is 2.87. The van der Waals surface area contributed by atoms with Crippen molar-refractivity contribution < 1.29 is 19.1 Å². The first-order valence-corrected chi connectivity index (χ1v) is 8.26. The van der Waals surface area contributed by atoms with Gasteiger partial charge in [0.05, 0.1) is 13.2 Å². The molecule has 6 heteroatoms. The van der Waals surface area contributed by atoms with Gasteiger partial charge in [0.25, 0.3) is 0 Å². The van der Waals surface area contributed by atoms with Gasteiger partial charge in [0.1, 0.15) is 0 Å². The largest absolute Gasteiger partial charge is 0.493 e. The van der Waals surface area contributed by atoms with Gasteiger partial charge in [0.15, 0.2) is 11.5 Å². The Balaban J connectivity index is 2.16. The first-order valence-electron chi connectivity index (χ1n) is 8.26. The summed E-state index contributed by atoms with van der Waals surface area (Å²) < 4.78 is 11.5. The van der Waals surface area contributed by atoms with E-state index in [1.54, 1.807) is 7.11 Å². The lowest BCUT2D eigenvalue weighted by molar-refractivity contribution is -0.137. The lowest BCUT2D eigenvalue weighted by atomic mass is 9.84. The molecule has 1 fully saturated rings. The van der Waals surface area contributed by atoms with Crippen LogP contribution in [0.3, 0.4) is 0 Å². The summed E-state index contributed by atoms with van der Waals surface area (Å²) in [6, 6.07) is 5.77. The van der Waals surface area contributed by atoms with Crippen molar-refractivity contribution in [3.8, 4) is 11.5 Å². The molecule has 0 saturated heterocycles. The maximum absolute atomic E-state index is 11.4. The predicted molar refractivity (Wildman–Crippen MR) is 91.1 cm³/mol. The van der Waals surface area contributed by atoms with Crippen LogP contribution in [0, 0.1) is 0 Å². The highest BCUT2D eigenvalue weighted by Gasteiger charge is 2.25. The summed E-state index contributed by atoms with van der Waals surface area (Å²) in [4.78, 5) is 22.2. The summed E-state index contributed by atoms with van der Waals surface area (Å²) in [5.74, 6) is -0.344. The van der Waals surface area contributed by atoms with Crippen LogP contribution in [-0.4, -0.2) is 31.6 Å². The third-order valence-corrected chi connectivity index (χ3v) is 4.46. The molecule has 0 atom stereocenters. The summed E-state index contributed by atoms with van der Waals surface area (Å²) in [5.41, 5.74) is 5.57. The predicted octanol–water partition coefficient (Wildman–Crippen LogP) is 1.90. The van der Waals surface area contributed by atoms with Crippen molar-refractivity contribution in [1.82, 2.24) is 5.32 Å². The number of amides is 2. The summed E-state index contributed by atoms with van der Waals surface area (Å²) in [6.45, 7) is 4.26. The molecule has 0 spiro atoms. The van der Waals surface area contributed by atoms with Crippen molar-refractivity contribution in [2.24, 2.45) is 5.73 Å². The van der Waals surface area contributed by atoms with E-state index < -0.39 is 11.8 Å². The van der Waals surface area contributed by atoms with Gasteiger partial charge in [-0.15, -0.1) is 0 Å². The Morgan fingerprint density at radius 2 is 1.92 bits per heavy atom. The third kappa shape index (κ3) is 4.40. The van der Waals surface area contributed by atoms with Crippen molar-refractivity contribution in [1.29, 1.82) is 0 Å². The lowest BCUT2D eigenvalue weighted by Gasteiger charge is -2.27. The smallest absolute Gasteiger partial charge is 0.309 e. The zero-order chi connectivity index (χ0) is 17.7. The number of hydrogen-bond donors (Lipinski definition) is 2. The van der Waals surface area contributed by atoms with Crippen molar-refractivity contribution in [3.63, 3.8) is 0 Å². The van der Waals surface area contributed by atoms with Crippen LogP contribution in [0.15, 0.2) is 18.2 Å². The molecule has 2 amide bonds. The van der Waals surface area contributed by atoms with E-state index in [0.29, 0.717) is 12.3 Å². The molecule has 0 bridgehead atoms. The van der Waals surface area contributed by atoms with Crippen LogP contribution in [0.1, 0.15) is 45.1 Å². The lowest BCUT2D eigenvalue weighted by Crippen LogP contribution is -2.42. The van der Waals surface area contributed by atoms with Gasteiger partial charge in [0, 0.05) is 12.0 Å². The molecular weight excluding hydrogens is 308 g/mol. The van der Waals surface area contributed by atoms with Crippen LogP contribution in [0.5, 0.6) is 11.5 Å². The standard InChI is InChI=1S/C18H26N2O4/c1-18(2,11-20-17(22)16(19)21)12-8-9-14(23-3)15(10-12)24-13-6-4-5-7-13/h8-10,13H,4-7,11H2,1-3H3,(H2,19,21)(H,20,22). The van der Waals surface area contributed by atoms with Crippen molar-refractivity contribution in [2.45, 2.75) is 51.0 Å². The summed E-state index contributed by atoms with van der Waals surface area (Å²) in [5, 5.41) is 2.56. The van der Waals surface area contributed by atoms with Crippen LogP contribution in [0.4, 0.5) is 0 Å². The summed E-state index contributed by atoms with van der Waals surface area (Å²) >= 11 is 0. The van der Waals surface area contributed by atoms with Gasteiger partial charge in [-0.05, 0) is 43.4 Å². The van der Waals surface area contributed by atoms with E-state index >= 15 is 0 Å². The highest BCUT2D eigenvalue weighted by molar-refractivity contribution is 6.34. The second-order valence-corrected chi connectivity index (χ2v) is 6.82. The van der Waals surface area contributed by atoms with Crippen LogP contribution in [-0.2, 0) is 15.0 Å². The van der Waals surface area contributed by atoms with E-state index in [2.05, 4.69) is 5.32 Å². The average molecular weight is 334 g/mol. The molecule has 132 valence electrons. The Bertz CT molecular complexity index is 607. The number of carbonyl (C=O) groups is 2. The molecule has 0 aromatic heterocycles. The summed E-state index contributed by atoms with van der Waals surface area (Å²) in [6.07, 6.45) is 4.73. The van der Waals surface area contributed by atoms with E-state index in [4.69, 9.17) is 15.2 Å². The maximum Gasteiger partial charge on any atom is 0.309 e. The minimum Gasteiger partial charge on any atom is -0.493 e. The third-order valence-electron chi connectivity index (χ3n) is 4.46. The second-order valence-electron chi connectivity index (χ2n) is 6.82. The Morgan fingerprint density at radius 3 is 2.50 bits per heavy atom. The van der Waals surface area contributed by atoms with Gasteiger partial charge in [-0.3, -0.25) is 9.59 Å². The van der Waals surface area contributed by atoms with E-state index in [1.807, 2.05) is 32.0 Å². The minimum absolute atomic E-state index is 0.229. The summed E-state index contributed by atoms with van der Waals surface area (Å²) in [7, 11) is 1.62. The normalized spacial score (nSPS) is 15.1. The number of primary amides is 1. The van der Waals surface area contributed by atoms with Crippen molar-refractivity contribution >= 4 is 11.8 Å². The molecule has 0 aliphatic heterocycles. The van der Waals surface area contributed by atoms with E-state index in [9.17, 15) is 9.59 Å². The number of nitrogens with two attached hydrogens (primary N) is 1. The molecule has 0 radical (unpaired) electrons. The van der Waals surface area contributed by atoms with E-state index in [1.165, 1.54) is 12.8 Å². The Kier molecular flexibility index (Phi) is 5.70. The molecule has 1 aromatic rings. The van der Waals surface area contributed by atoms with Gasteiger partial charge in [-0.25, -0.2) is 0 Å². The van der Waals surface area contributed by atoms with Crippen molar-refractivity contribution in [2.75, 3.05) is 13.7 Å². The minimum atomic E-state index is -0.981. The zero-order valence-corrected chi connectivity index (χ0v) is 14.6. The van der Waals surface area contributed by atoms with Crippen molar-refractivity contribution in [3.05, 3.63) is 23.8 Å². The fourth-order valence-corrected chi connectivity index (χ4v) is 2.87. The SMILES string of the molecule is COc1ccc(C(C)(C)CNC(=O)C(N)=O)cc1OC1CCCC1. The number of nitrogens with one attached hydrogen (secondary N) is 1. The molecule has 1 aliphatic carbocycles. The number of ether oxygens (including phenoxy) is 2. The maximum atomic E-state index is 11.4. The topological polar surface area (TPSA) is 90.6 Å². The molecular formula is C18H26N2O4. The molecule has 1 aromatic carbocycles. The molecule has 1 aliphatic rings. The Morgan fingerprint density at radius 1 is 1.25 bits per heavy atom. The van der Waals surface area contributed by atoms with Gasteiger partial charge in [0.2, 0.25) is 0 Å². The monoisotopic (exact) mass is 334 g/mol.